The standard InChI is InChI=1S/C11H15N3O3/c1-16-11(15)9-2-3-10(14-13-9)17-8-4-6-12-7-5-8/h2-3,8,12H,4-7H2,1H3. The fraction of sp³-hybridized carbons (Fsp3) is 0.545. The molecule has 1 aromatic rings. The Morgan fingerprint density at radius 1 is 1.35 bits per heavy atom. The van der Waals surface area contributed by atoms with Gasteiger partial charge in [0.1, 0.15) is 6.10 Å². The van der Waals surface area contributed by atoms with Gasteiger partial charge in [0.2, 0.25) is 5.88 Å². The summed E-state index contributed by atoms with van der Waals surface area (Å²) < 4.78 is 10.2. The van der Waals surface area contributed by atoms with Crippen LogP contribution in [0.3, 0.4) is 0 Å². The van der Waals surface area contributed by atoms with Gasteiger partial charge < -0.3 is 14.8 Å². The van der Waals surface area contributed by atoms with Crippen molar-refractivity contribution >= 4 is 5.97 Å². The average molecular weight is 237 g/mol. The van der Waals surface area contributed by atoms with Gasteiger partial charge in [0.25, 0.3) is 0 Å². The van der Waals surface area contributed by atoms with E-state index in [-0.39, 0.29) is 11.8 Å². The largest absolute Gasteiger partial charge is 0.473 e. The van der Waals surface area contributed by atoms with Gasteiger partial charge in [0, 0.05) is 6.07 Å². The van der Waals surface area contributed by atoms with E-state index in [0.717, 1.165) is 25.9 Å². The number of hydrogen-bond donors (Lipinski definition) is 1. The Hall–Kier alpha value is -1.69. The molecule has 1 N–H and O–H groups in total. The van der Waals surface area contributed by atoms with Gasteiger partial charge in [-0.05, 0) is 32.0 Å². The van der Waals surface area contributed by atoms with E-state index in [2.05, 4.69) is 20.3 Å². The van der Waals surface area contributed by atoms with Crippen molar-refractivity contribution in [3.8, 4) is 5.88 Å². The fourth-order valence-corrected chi connectivity index (χ4v) is 1.68. The van der Waals surface area contributed by atoms with Crippen LogP contribution < -0.4 is 10.1 Å². The van der Waals surface area contributed by atoms with Crippen molar-refractivity contribution in [1.82, 2.24) is 15.5 Å². The molecule has 6 heteroatoms. The molecule has 1 fully saturated rings. The first-order chi connectivity index (χ1) is 8.29. The van der Waals surface area contributed by atoms with Crippen molar-refractivity contribution in [2.75, 3.05) is 20.2 Å². The quantitative estimate of drug-likeness (QED) is 0.767. The van der Waals surface area contributed by atoms with Gasteiger partial charge >= 0.3 is 5.97 Å². The zero-order chi connectivity index (χ0) is 12.1. The first-order valence-electron chi connectivity index (χ1n) is 5.59. The minimum Gasteiger partial charge on any atom is -0.473 e. The number of esters is 1. The molecule has 17 heavy (non-hydrogen) atoms. The van der Waals surface area contributed by atoms with Crippen LogP contribution >= 0.6 is 0 Å². The van der Waals surface area contributed by atoms with E-state index in [0.29, 0.717) is 5.88 Å². The first-order valence-corrected chi connectivity index (χ1v) is 5.59. The third-order valence-electron chi connectivity index (χ3n) is 2.61. The van der Waals surface area contributed by atoms with E-state index in [1.54, 1.807) is 12.1 Å². The Morgan fingerprint density at radius 3 is 2.71 bits per heavy atom. The predicted molar refractivity (Wildman–Crippen MR) is 59.9 cm³/mol. The lowest BCUT2D eigenvalue weighted by atomic mass is 10.1. The lowest BCUT2D eigenvalue weighted by Crippen LogP contribution is -2.34. The Kier molecular flexibility index (Phi) is 3.87. The minimum absolute atomic E-state index is 0.175. The van der Waals surface area contributed by atoms with Crippen molar-refractivity contribution in [2.45, 2.75) is 18.9 Å². The number of carbonyl (C=O) groups excluding carboxylic acids is 1. The van der Waals surface area contributed by atoms with Gasteiger partial charge in [-0.1, -0.05) is 0 Å². The molecule has 0 bridgehead atoms. The molecule has 0 saturated carbocycles. The van der Waals surface area contributed by atoms with Crippen LogP contribution in [0.1, 0.15) is 23.3 Å². The maximum absolute atomic E-state index is 11.1. The highest BCUT2D eigenvalue weighted by Gasteiger charge is 2.15. The van der Waals surface area contributed by atoms with Crippen LogP contribution in [-0.2, 0) is 4.74 Å². The van der Waals surface area contributed by atoms with Crippen molar-refractivity contribution < 1.29 is 14.3 Å². The first kappa shape index (κ1) is 11.8. The van der Waals surface area contributed by atoms with Crippen LogP contribution in [0, 0.1) is 0 Å². The third kappa shape index (κ3) is 3.13. The summed E-state index contributed by atoms with van der Waals surface area (Å²) in [6.07, 6.45) is 2.09. The normalized spacial score (nSPS) is 16.5. The Morgan fingerprint density at radius 2 is 2.12 bits per heavy atom. The molecular formula is C11H15N3O3. The van der Waals surface area contributed by atoms with Gasteiger partial charge in [0.15, 0.2) is 5.69 Å². The summed E-state index contributed by atoms with van der Waals surface area (Å²) in [7, 11) is 1.31. The SMILES string of the molecule is COC(=O)c1ccc(OC2CCNCC2)nn1. The third-order valence-corrected chi connectivity index (χ3v) is 2.61. The van der Waals surface area contributed by atoms with Crippen molar-refractivity contribution in [3.05, 3.63) is 17.8 Å². The number of aromatic nitrogens is 2. The fourth-order valence-electron chi connectivity index (χ4n) is 1.68. The van der Waals surface area contributed by atoms with Crippen LogP contribution in [0.5, 0.6) is 5.88 Å². The highest BCUT2D eigenvalue weighted by molar-refractivity contribution is 5.86. The summed E-state index contributed by atoms with van der Waals surface area (Å²) in [4.78, 5) is 11.1. The molecular weight excluding hydrogens is 222 g/mol. The van der Waals surface area contributed by atoms with Crippen molar-refractivity contribution in [2.24, 2.45) is 0 Å². The highest BCUT2D eigenvalue weighted by atomic mass is 16.5. The zero-order valence-corrected chi connectivity index (χ0v) is 9.68. The molecule has 1 aliphatic heterocycles. The summed E-state index contributed by atoms with van der Waals surface area (Å²) >= 11 is 0. The molecule has 0 spiro atoms. The summed E-state index contributed by atoms with van der Waals surface area (Å²) in [5.41, 5.74) is 0.185. The number of methoxy groups -OCH3 is 1. The molecule has 2 rings (SSSR count). The summed E-state index contributed by atoms with van der Waals surface area (Å²) in [6.45, 7) is 1.91. The molecule has 1 saturated heterocycles. The molecule has 6 nitrogen and oxygen atoms in total. The second kappa shape index (κ2) is 5.58. The average Bonchev–Trinajstić information content (AvgIpc) is 2.40. The molecule has 92 valence electrons. The lowest BCUT2D eigenvalue weighted by molar-refractivity contribution is 0.0592. The maximum atomic E-state index is 11.1. The van der Waals surface area contributed by atoms with E-state index < -0.39 is 5.97 Å². The van der Waals surface area contributed by atoms with Crippen LogP contribution in [-0.4, -0.2) is 42.5 Å². The molecule has 1 aromatic heterocycles. The van der Waals surface area contributed by atoms with Crippen LogP contribution in [0.2, 0.25) is 0 Å². The van der Waals surface area contributed by atoms with Crippen LogP contribution in [0.15, 0.2) is 12.1 Å². The molecule has 0 aromatic carbocycles. The molecule has 1 aliphatic rings. The number of nitrogens with one attached hydrogen (secondary N) is 1. The minimum atomic E-state index is -0.495. The van der Waals surface area contributed by atoms with Gasteiger partial charge in [0.05, 0.1) is 7.11 Å². The number of rotatable bonds is 3. The Balaban J connectivity index is 1.95. The molecule has 0 aliphatic carbocycles. The molecule has 0 unspecified atom stereocenters. The smallest absolute Gasteiger partial charge is 0.358 e. The second-order valence-electron chi connectivity index (χ2n) is 3.82. The van der Waals surface area contributed by atoms with Gasteiger partial charge in [-0.2, -0.15) is 0 Å². The summed E-state index contributed by atoms with van der Waals surface area (Å²) in [6, 6.07) is 3.19. The van der Waals surface area contributed by atoms with E-state index in [4.69, 9.17) is 4.74 Å². The molecule has 0 amide bonds. The van der Waals surface area contributed by atoms with Crippen LogP contribution in [0.4, 0.5) is 0 Å². The monoisotopic (exact) mass is 237 g/mol. The van der Waals surface area contributed by atoms with Crippen molar-refractivity contribution in [1.29, 1.82) is 0 Å². The Bertz CT molecular complexity index is 374. The van der Waals surface area contributed by atoms with E-state index in [1.807, 2.05) is 0 Å². The number of nitrogens with zero attached hydrogens (tertiary/aromatic N) is 2. The number of piperidine rings is 1. The van der Waals surface area contributed by atoms with E-state index >= 15 is 0 Å². The topological polar surface area (TPSA) is 73.3 Å². The highest BCUT2D eigenvalue weighted by Crippen LogP contribution is 2.13. The zero-order valence-electron chi connectivity index (χ0n) is 9.68. The van der Waals surface area contributed by atoms with Gasteiger partial charge in [-0.25, -0.2) is 4.79 Å². The Labute approximate surface area is 99.3 Å². The van der Waals surface area contributed by atoms with E-state index in [9.17, 15) is 4.79 Å². The molecule has 0 radical (unpaired) electrons. The summed E-state index contributed by atoms with van der Waals surface area (Å²) in [5, 5.41) is 10.9. The second-order valence-corrected chi connectivity index (χ2v) is 3.82. The van der Waals surface area contributed by atoms with Gasteiger partial charge in [-0.3, -0.25) is 0 Å². The van der Waals surface area contributed by atoms with Crippen LogP contribution in [0.25, 0.3) is 0 Å². The maximum Gasteiger partial charge on any atom is 0.358 e. The van der Waals surface area contributed by atoms with Gasteiger partial charge in [-0.15, -0.1) is 10.2 Å². The number of carbonyl (C=O) groups is 1. The lowest BCUT2D eigenvalue weighted by Gasteiger charge is -2.22. The number of ether oxygens (including phenoxy) is 2. The molecule has 0 atom stereocenters. The van der Waals surface area contributed by atoms with E-state index in [1.165, 1.54) is 7.11 Å². The van der Waals surface area contributed by atoms with Crippen molar-refractivity contribution in [3.63, 3.8) is 0 Å². The summed E-state index contributed by atoms with van der Waals surface area (Å²) in [5.74, 6) is -0.0459. The predicted octanol–water partition coefficient (Wildman–Crippen LogP) is 0.394. The molecule has 2 heterocycles. The number of hydrogen-bond acceptors (Lipinski definition) is 6.